The molecular weight excluding hydrogens is 350 g/mol. The molecular formula is C19H21N3O3S. The van der Waals surface area contributed by atoms with Gasteiger partial charge in [-0.2, -0.15) is 0 Å². The first-order valence-electron chi connectivity index (χ1n) is 8.72. The van der Waals surface area contributed by atoms with Gasteiger partial charge >= 0.3 is 0 Å². The average molecular weight is 371 g/mol. The zero-order chi connectivity index (χ0) is 18.5. The summed E-state index contributed by atoms with van der Waals surface area (Å²) in [4.78, 5) is 16.0. The highest BCUT2D eigenvalue weighted by Gasteiger charge is 2.27. The van der Waals surface area contributed by atoms with Crippen molar-refractivity contribution in [3.8, 4) is 0 Å². The quantitative estimate of drug-likeness (QED) is 0.725. The van der Waals surface area contributed by atoms with Gasteiger partial charge in [0.1, 0.15) is 0 Å². The maximum absolute atomic E-state index is 12.4. The Bertz CT molecular complexity index is 1030. The summed E-state index contributed by atoms with van der Waals surface area (Å²) in [5.41, 5.74) is 5.13. The summed E-state index contributed by atoms with van der Waals surface area (Å²) in [6.07, 6.45) is 5.17. The van der Waals surface area contributed by atoms with Crippen molar-refractivity contribution in [3.63, 3.8) is 0 Å². The number of aryl methyl sites for hydroxylation is 1. The summed E-state index contributed by atoms with van der Waals surface area (Å²) in [5, 5.41) is 2.80. The molecule has 0 fully saturated rings. The Labute approximate surface area is 152 Å². The molecule has 0 spiro atoms. The van der Waals surface area contributed by atoms with E-state index >= 15 is 0 Å². The second kappa shape index (κ2) is 6.10. The SMILES string of the molecule is CNS(=O)(=O)c1ccc2c(c1)C(=Cc1cc3c([nH]1)CCCC3C)C(=O)N2. The molecule has 1 atom stereocenters. The number of hydrogen-bond donors (Lipinski definition) is 3. The summed E-state index contributed by atoms with van der Waals surface area (Å²) in [7, 11) is -2.20. The Balaban J connectivity index is 1.78. The first-order chi connectivity index (χ1) is 12.4. The molecule has 4 rings (SSSR count). The van der Waals surface area contributed by atoms with Crippen LogP contribution in [0.5, 0.6) is 0 Å². The second-order valence-corrected chi connectivity index (χ2v) is 8.77. The lowest BCUT2D eigenvalue weighted by Gasteiger charge is -2.17. The number of rotatable bonds is 3. The molecule has 3 N–H and O–H groups in total. The van der Waals surface area contributed by atoms with E-state index in [0.29, 0.717) is 22.7 Å². The van der Waals surface area contributed by atoms with E-state index < -0.39 is 10.0 Å². The fourth-order valence-corrected chi connectivity index (χ4v) is 4.51. The van der Waals surface area contributed by atoms with Crippen LogP contribution in [0.3, 0.4) is 0 Å². The first kappa shape index (κ1) is 17.1. The predicted octanol–water partition coefficient (Wildman–Crippen LogP) is 2.86. The molecule has 0 saturated heterocycles. The molecule has 1 aliphatic heterocycles. The van der Waals surface area contributed by atoms with E-state index in [1.54, 1.807) is 6.07 Å². The standard InChI is InChI=1S/C19H21N3O3S/c1-11-4-3-5-17-14(11)8-12(21-17)9-16-15-10-13(26(24,25)20-2)6-7-18(15)22-19(16)23/h6-11,20-21H,3-5H2,1-2H3,(H,22,23). The van der Waals surface area contributed by atoms with Gasteiger partial charge in [-0.15, -0.1) is 0 Å². The van der Waals surface area contributed by atoms with E-state index in [-0.39, 0.29) is 10.8 Å². The lowest BCUT2D eigenvalue weighted by Crippen LogP contribution is -2.18. The van der Waals surface area contributed by atoms with Crippen molar-refractivity contribution in [2.75, 3.05) is 12.4 Å². The highest BCUT2D eigenvalue weighted by atomic mass is 32.2. The Morgan fingerprint density at radius 1 is 1.27 bits per heavy atom. The van der Waals surface area contributed by atoms with E-state index in [4.69, 9.17) is 0 Å². The fraction of sp³-hybridized carbons (Fsp3) is 0.316. The molecule has 1 aliphatic carbocycles. The number of anilines is 1. The molecule has 2 heterocycles. The Morgan fingerprint density at radius 3 is 2.81 bits per heavy atom. The molecule has 26 heavy (non-hydrogen) atoms. The number of aromatic amines is 1. The molecule has 7 heteroatoms. The number of H-pyrrole nitrogens is 1. The predicted molar refractivity (Wildman–Crippen MR) is 101 cm³/mol. The van der Waals surface area contributed by atoms with Crippen LogP contribution >= 0.6 is 0 Å². The third kappa shape index (κ3) is 2.77. The summed E-state index contributed by atoms with van der Waals surface area (Å²) in [6, 6.07) is 6.75. The molecule has 2 aromatic rings. The number of sulfonamides is 1. The van der Waals surface area contributed by atoms with Crippen LogP contribution in [0, 0.1) is 0 Å². The molecule has 6 nitrogen and oxygen atoms in total. The van der Waals surface area contributed by atoms with E-state index in [0.717, 1.165) is 12.1 Å². The van der Waals surface area contributed by atoms with Gasteiger partial charge in [-0.25, -0.2) is 13.1 Å². The zero-order valence-electron chi connectivity index (χ0n) is 14.7. The molecule has 1 amide bonds. The minimum absolute atomic E-state index is 0.139. The number of aromatic nitrogens is 1. The molecule has 0 bridgehead atoms. The van der Waals surface area contributed by atoms with Crippen molar-refractivity contribution in [3.05, 3.63) is 46.8 Å². The monoisotopic (exact) mass is 371 g/mol. The van der Waals surface area contributed by atoms with Crippen LogP contribution in [0.1, 0.15) is 48.2 Å². The van der Waals surface area contributed by atoms with E-state index in [1.165, 1.54) is 43.3 Å². The molecule has 0 saturated carbocycles. The topological polar surface area (TPSA) is 91.1 Å². The number of nitrogens with one attached hydrogen (secondary N) is 3. The molecule has 0 radical (unpaired) electrons. The van der Waals surface area contributed by atoms with Gasteiger partial charge < -0.3 is 10.3 Å². The van der Waals surface area contributed by atoms with Gasteiger partial charge in [0.25, 0.3) is 5.91 Å². The molecule has 1 aromatic heterocycles. The first-order valence-corrected chi connectivity index (χ1v) is 10.2. The van der Waals surface area contributed by atoms with Crippen LogP contribution in [0.25, 0.3) is 11.6 Å². The lowest BCUT2D eigenvalue weighted by molar-refractivity contribution is -0.110. The van der Waals surface area contributed by atoms with Gasteiger partial charge in [0, 0.05) is 22.6 Å². The third-order valence-corrected chi connectivity index (χ3v) is 6.61. The summed E-state index contributed by atoms with van der Waals surface area (Å²) >= 11 is 0. The van der Waals surface area contributed by atoms with Crippen molar-refractivity contribution in [1.29, 1.82) is 0 Å². The van der Waals surface area contributed by atoms with Crippen molar-refractivity contribution in [2.24, 2.45) is 0 Å². The van der Waals surface area contributed by atoms with Gasteiger partial charge in [0.2, 0.25) is 10.0 Å². The van der Waals surface area contributed by atoms with E-state index in [9.17, 15) is 13.2 Å². The molecule has 1 unspecified atom stereocenters. The van der Waals surface area contributed by atoms with E-state index in [2.05, 4.69) is 28.0 Å². The maximum Gasteiger partial charge on any atom is 0.256 e. The van der Waals surface area contributed by atoms with Crippen LogP contribution in [0.15, 0.2) is 29.2 Å². The molecule has 1 aromatic carbocycles. The summed E-state index contributed by atoms with van der Waals surface area (Å²) in [5.74, 6) is 0.291. The summed E-state index contributed by atoms with van der Waals surface area (Å²) < 4.78 is 26.5. The van der Waals surface area contributed by atoms with Crippen LogP contribution in [0.2, 0.25) is 0 Å². The van der Waals surface area contributed by atoms with Gasteiger partial charge in [0.15, 0.2) is 0 Å². The Morgan fingerprint density at radius 2 is 2.08 bits per heavy atom. The van der Waals surface area contributed by atoms with Crippen molar-refractivity contribution >= 4 is 33.3 Å². The minimum atomic E-state index is -3.57. The Hall–Kier alpha value is -2.38. The Kier molecular flexibility index (Phi) is 4.00. The number of hydrogen-bond acceptors (Lipinski definition) is 3. The lowest BCUT2D eigenvalue weighted by atomic mass is 9.88. The van der Waals surface area contributed by atoms with Gasteiger partial charge in [-0.05, 0) is 68.1 Å². The van der Waals surface area contributed by atoms with Gasteiger partial charge in [0.05, 0.1) is 10.5 Å². The largest absolute Gasteiger partial charge is 0.359 e. The van der Waals surface area contributed by atoms with Crippen LogP contribution in [0.4, 0.5) is 5.69 Å². The maximum atomic E-state index is 12.4. The van der Waals surface area contributed by atoms with Crippen LogP contribution in [-0.4, -0.2) is 26.4 Å². The number of fused-ring (bicyclic) bond motifs is 2. The third-order valence-electron chi connectivity index (χ3n) is 5.20. The number of amides is 1. The normalized spacial score (nSPS) is 20.8. The molecule has 2 aliphatic rings. The smallest absolute Gasteiger partial charge is 0.256 e. The molecule has 136 valence electrons. The highest BCUT2D eigenvalue weighted by Crippen LogP contribution is 2.36. The van der Waals surface area contributed by atoms with Crippen molar-refractivity contribution in [2.45, 2.75) is 37.0 Å². The number of carbonyl (C=O) groups excluding carboxylic acids is 1. The van der Waals surface area contributed by atoms with E-state index in [1.807, 2.05) is 6.08 Å². The van der Waals surface area contributed by atoms with Gasteiger partial charge in [-0.3, -0.25) is 4.79 Å². The fourth-order valence-electron chi connectivity index (χ4n) is 3.75. The zero-order valence-corrected chi connectivity index (χ0v) is 15.5. The second-order valence-electron chi connectivity index (χ2n) is 6.88. The van der Waals surface area contributed by atoms with Crippen molar-refractivity contribution in [1.82, 2.24) is 9.71 Å². The van der Waals surface area contributed by atoms with Crippen LogP contribution in [-0.2, 0) is 21.2 Å². The number of carbonyl (C=O) groups is 1. The highest BCUT2D eigenvalue weighted by molar-refractivity contribution is 7.89. The summed E-state index contributed by atoms with van der Waals surface area (Å²) in [6.45, 7) is 2.22. The van der Waals surface area contributed by atoms with Gasteiger partial charge in [-0.1, -0.05) is 6.92 Å². The average Bonchev–Trinajstić information content (AvgIpc) is 3.17. The van der Waals surface area contributed by atoms with Crippen LogP contribution < -0.4 is 10.0 Å². The minimum Gasteiger partial charge on any atom is -0.359 e. The van der Waals surface area contributed by atoms with Crippen molar-refractivity contribution < 1.29 is 13.2 Å². The number of benzene rings is 1.